The first-order valence-electron chi connectivity index (χ1n) is 10.1. The molecule has 3 aromatic rings. The number of carbonyl (C=O) groups excluding carboxylic acids is 1. The van der Waals surface area contributed by atoms with E-state index in [1.807, 2.05) is 6.07 Å². The molecular formula is C27H29FIrO2-2. The van der Waals surface area contributed by atoms with Crippen molar-refractivity contribution in [3.05, 3.63) is 82.9 Å². The Morgan fingerprint density at radius 3 is 2.23 bits per heavy atom. The van der Waals surface area contributed by atoms with Gasteiger partial charge in [-0.1, -0.05) is 45.2 Å². The van der Waals surface area contributed by atoms with Crippen LogP contribution in [0.4, 0.5) is 4.39 Å². The zero-order valence-corrected chi connectivity index (χ0v) is 21.3. The first-order chi connectivity index (χ1) is 14.0. The van der Waals surface area contributed by atoms with Crippen LogP contribution >= 0.6 is 0 Å². The van der Waals surface area contributed by atoms with Gasteiger partial charge in [0.2, 0.25) is 0 Å². The first-order valence-corrected chi connectivity index (χ1v) is 10.1. The number of hydrogen-bond acceptors (Lipinski definition) is 2. The van der Waals surface area contributed by atoms with Crippen molar-refractivity contribution in [2.75, 3.05) is 0 Å². The maximum Gasteiger partial charge on any atom is 0.155 e. The van der Waals surface area contributed by atoms with E-state index in [4.69, 9.17) is 5.11 Å². The molecule has 0 heterocycles. The molecule has 1 N–H and O–H groups in total. The predicted molar refractivity (Wildman–Crippen MR) is 122 cm³/mol. The molecule has 0 unspecified atom stereocenters. The number of halogens is 1. The molecular weight excluding hydrogens is 568 g/mol. The van der Waals surface area contributed by atoms with Crippen molar-refractivity contribution in [1.29, 1.82) is 0 Å². The average Bonchev–Trinajstić information content (AvgIpc) is 2.60. The fraction of sp³-hybridized carbons (Fsp3) is 0.296. The molecule has 2 nitrogen and oxygen atoms in total. The van der Waals surface area contributed by atoms with Gasteiger partial charge in [-0.3, -0.25) is 4.79 Å². The van der Waals surface area contributed by atoms with Crippen molar-refractivity contribution >= 4 is 16.6 Å². The van der Waals surface area contributed by atoms with E-state index >= 15 is 0 Å². The summed E-state index contributed by atoms with van der Waals surface area (Å²) in [5.41, 5.74) is 5.60. The van der Waals surface area contributed by atoms with Gasteiger partial charge in [-0.2, -0.15) is 29.8 Å². The quantitative estimate of drug-likeness (QED) is 0.198. The third kappa shape index (κ3) is 8.39. The summed E-state index contributed by atoms with van der Waals surface area (Å²) in [5.74, 6) is 0.258. The molecule has 0 spiro atoms. The molecule has 0 atom stereocenters. The molecule has 167 valence electrons. The van der Waals surface area contributed by atoms with E-state index in [1.165, 1.54) is 37.1 Å². The Kier molecular flexibility index (Phi) is 10.3. The molecule has 3 aromatic carbocycles. The Morgan fingerprint density at radius 1 is 1.06 bits per heavy atom. The van der Waals surface area contributed by atoms with Crippen LogP contribution in [0, 0.1) is 37.7 Å². The number of aryl methyl sites for hydroxylation is 2. The Morgan fingerprint density at radius 2 is 1.71 bits per heavy atom. The van der Waals surface area contributed by atoms with Crippen molar-refractivity contribution in [2.45, 2.75) is 48.0 Å². The topological polar surface area (TPSA) is 37.3 Å². The molecule has 0 fully saturated rings. The molecule has 1 radical (unpaired) electrons. The number of aliphatic hydroxyl groups excluding tert-OH is 1. The number of rotatable bonds is 4. The monoisotopic (exact) mass is 597 g/mol. The number of carbonyl (C=O) groups is 1. The van der Waals surface area contributed by atoms with Gasteiger partial charge in [-0.25, -0.2) is 9.95 Å². The van der Waals surface area contributed by atoms with Crippen LogP contribution in [-0.4, -0.2) is 10.9 Å². The molecule has 4 heteroatoms. The summed E-state index contributed by atoms with van der Waals surface area (Å²) in [6.45, 7) is 11.4. The van der Waals surface area contributed by atoms with Gasteiger partial charge < -0.3 is 5.11 Å². The smallest absolute Gasteiger partial charge is 0.155 e. The Hall–Kier alpha value is -2.29. The van der Waals surface area contributed by atoms with E-state index in [0.29, 0.717) is 5.92 Å². The number of aliphatic hydroxyl groups is 1. The molecule has 0 saturated heterocycles. The fourth-order valence-corrected chi connectivity index (χ4v) is 3.41. The maximum absolute atomic E-state index is 13.7. The van der Waals surface area contributed by atoms with Crippen molar-refractivity contribution in [1.82, 2.24) is 0 Å². The van der Waals surface area contributed by atoms with Crippen LogP contribution in [0.15, 0.2) is 48.2 Å². The van der Waals surface area contributed by atoms with Gasteiger partial charge in [0.1, 0.15) is 5.82 Å². The Labute approximate surface area is 198 Å². The summed E-state index contributed by atoms with van der Waals surface area (Å²) in [7, 11) is 0. The molecule has 0 aromatic heterocycles. The minimum atomic E-state index is -0.193. The molecule has 31 heavy (non-hydrogen) atoms. The summed E-state index contributed by atoms with van der Waals surface area (Å²) < 4.78 is 13.7. The SMILES string of the molecule is CC(=O)/C=C(/C)O.Cc1[c-]c(-c2[c-]c3ccc(F)cc3c(CC(C)C)c2)cc(C)c1.[Ir]. The van der Waals surface area contributed by atoms with Gasteiger partial charge in [0.15, 0.2) is 5.78 Å². The Balaban J connectivity index is 0.000000523. The molecule has 0 bridgehead atoms. The van der Waals surface area contributed by atoms with E-state index < -0.39 is 0 Å². The predicted octanol–water partition coefficient (Wildman–Crippen LogP) is 7.10. The zero-order valence-electron chi connectivity index (χ0n) is 18.9. The summed E-state index contributed by atoms with van der Waals surface area (Å²) >= 11 is 0. The van der Waals surface area contributed by atoms with E-state index in [0.717, 1.165) is 33.9 Å². The van der Waals surface area contributed by atoms with Crippen LogP contribution in [0.5, 0.6) is 0 Å². The van der Waals surface area contributed by atoms with Crippen LogP contribution in [0.25, 0.3) is 21.9 Å². The summed E-state index contributed by atoms with van der Waals surface area (Å²) in [6, 6.07) is 18.2. The normalized spacial score (nSPS) is 11.0. The molecule has 0 saturated carbocycles. The van der Waals surface area contributed by atoms with Crippen molar-refractivity contribution in [2.24, 2.45) is 5.92 Å². The second kappa shape index (κ2) is 11.9. The van der Waals surface area contributed by atoms with Gasteiger partial charge in [-0.15, -0.1) is 34.2 Å². The van der Waals surface area contributed by atoms with Crippen LogP contribution in [0.1, 0.15) is 44.4 Å². The third-order valence-electron chi connectivity index (χ3n) is 4.39. The van der Waals surface area contributed by atoms with Gasteiger partial charge in [0.05, 0.1) is 5.76 Å². The van der Waals surface area contributed by atoms with Gasteiger partial charge in [0.25, 0.3) is 0 Å². The van der Waals surface area contributed by atoms with Gasteiger partial charge >= 0.3 is 0 Å². The van der Waals surface area contributed by atoms with Crippen molar-refractivity contribution in [3.8, 4) is 11.1 Å². The van der Waals surface area contributed by atoms with E-state index in [1.54, 1.807) is 6.07 Å². The summed E-state index contributed by atoms with van der Waals surface area (Å²) in [4.78, 5) is 10.0. The molecule has 0 aliphatic carbocycles. The average molecular weight is 597 g/mol. The molecule has 0 aliphatic rings. The number of ketones is 1. The molecule has 3 rings (SSSR count). The molecule has 0 aliphatic heterocycles. The fourth-order valence-electron chi connectivity index (χ4n) is 3.41. The number of benzene rings is 3. The van der Waals surface area contributed by atoms with Crippen LogP contribution < -0.4 is 0 Å². The number of fused-ring (bicyclic) bond motifs is 1. The van der Waals surface area contributed by atoms with E-state index in [2.05, 4.69) is 58.0 Å². The van der Waals surface area contributed by atoms with E-state index in [-0.39, 0.29) is 37.5 Å². The third-order valence-corrected chi connectivity index (χ3v) is 4.39. The van der Waals surface area contributed by atoms with Crippen molar-refractivity contribution in [3.63, 3.8) is 0 Å². The van der Waals surface area contributed by atoms with Crippen LogP contribution in [-0.2, 0) is 31.3 Å². The largest absolute Gasteiger partial charge is 0.512 e. The van der Waals surface area contributed by atoms with E-state index in [9.17, 15) is 9.18 Å². The minimum Gasteiger partial charge on any atom is -0.512 e. The van der Waals surface area contributed by atoms with Crippen LogP contribution in [0.3, 0.4) is 0 Å². The van der Waals surface area contributed by atoms with Crippen molar-refractivity contribution < 1.29 is 34.4 Å². The van der Waals surface area contributed by atoms with Gasteiger partial charge in [-0.05, 0) is 26.2 Å². The zero-order chi connectivity index (χ0) is 22.4. The van der Waals surface area contributed by atoms with Crippen LogP contribution in [0.2, 0.25) is 0 Å². The second-order valence-electron chi connectivity index (χ2n) is 8.15. The summed E-state index contributed by atoms with van der Waals surface area (Å²) in [6.07, 6.45) is 2.09. The maximum atomic E-state index is 13.7. The number of allylic oxidation sites excluding steroid dienone is 2. The second-order valence-corrected chi connectivity index (χ2v) is 8.15. The van der Waals surface area contributed by atoms with Gasteiger partial charge in [0, 0.05) is 26.2 Å². The first kappa shape index (κ1) is 26.7. The number of hydrogen-bond donors (Lipinski definition) is 1. The Bertz CT molecular complexity index is 1060. The summed E-state index contributed by atoms with van der Waals surface area (Å²) in [5, 5.41) is 10.3. The molecule has 0 amide bonds. The minimum absolute atomic E-state index is 0. The standard InChI is InChI=1S/C22H21F.C5H8O2.Ir/c1-14(2)7-20-12-19(18-9-15(3)8-16(4)10-18)11-17-5-6-21(23)13-22(17)20;1-4(6)3-5(2)7;/h5-6,8-9,12-14H,7H2,1-4H3;3,6H,1-2H3;/q-2;;/b;4-3-;.